The van der Waals surface area contributed by atoms with E-state index in [-0.39, 0.29) is 38.3 Å². The third kappa shape index (κ3) is 4.17. The van der Waals surface area contributed by atoms with E-state index in [0.29, 0.717) is 0 Å². The Kier molecular flexibility index (Phi) is 5.46. The van der Waals surface area contributed by atoms with Crippen molar-refractivity contribution in [2.24, 2.45) is 0 Å². The van der Waals surface area contributed by atoms with Gasteiger partial charge in [0.15, 0.2) is 0 Å². The largest absolute Gasteiger partial charge is 0.445 e. The molecule has 1 fully saturated rings. The summed E-state index contributed by atoms with van der Waals surface area (Å²) in [4.78, 5) is 27.3. The number of ether oxygens (including phenoxy) is 1. The molecule has 2 amide bonds. The Bertz CT molecular complexity index is 791. The lowest BCUT2D eigenvalue weighted by atomic mass is 10.1. The van der Waals surface area contributed by atoms with Gasteiger partial charge in [0.1, 0.15) is 18.2 Å². The maximum atomic E-state index is 13.7. The van der Waals surface area contributed by atoms with Gasteiger partial charge in [0.05, 0.1) is 5.56 Å². The van der Waals surface area contributed by atoms with Crippen LogP contribution in [0.15, 0.2) is 48.5 Å². The Hall–Kier alpha value is -2.96. The highest BCUT2D eigenvalue weighted by atomic mass is 19.1. The van der Waals surface area contributed by atoms with Crippen molar-refractivity contribution < 1.29 is 23.1 Å². The highest BCUT2D eigenvalue weighted by Gasteiger charge is 2.27. The SMILES string of the molecule is O=C(OCc1ccccc1)N1CCN(C(=O)c2cc(F)ccc2F)CC1. The first kappa shape index (κ1) is 17.8. The van der Waals surface area contributed by atoms with Gasteiger partial charge in [0, 0.05) is 26.2 Å². The van der Waals surface area contributed by atoms with Crippen LogP contribution < -0.4 is 0 Å². The topological polar surface area (TPSA) is 49.9 Å². The van der Waals surface area contributed by atoms with Crippen LogP contribution in [-0.2, 0) is 11.3 Å². The number of rotatable bonds is 3. The molecule has 3 rings (SSSR count). The number of amides is 2. The molecule has 0 atom stereocenters. The molecular weight excluding hydrogens is 342 g/mol. The van der Waals surface area contributed by atoms with Crippen molar-refractivity contribution >= 4 is 12.0 Å². The van der Waals surface area contributed by atoms with Crippen molar-refractivity contribution in [2.75, 3.05) is 26.2 Å². The molecule has 0 aliphatic carbocycles. The van der Waals surface area contributed by atoms with Crippen LogP contribution in [-0.4, -0.2) is 48.0 Å². The standard InChI is InChI=1S/C19H18F2N2O3/c20-15-6-7-17(21)16(12-15)18(24)22-8-10-23(11-9-22)19(25)26-13-14-4-2-1-3-5-14/h1-7,12H,8-11,13H2. The molecule has 0 radical (unpaired) electrons. The lowest BCUT2D eigenvalue weighted by Crippen LogP contribution is -2.50. The first-order chi connectivity index (χ1) is 12.5. The zero-order valence-corrected chi connectivity index (χ0v) is 14.0. The third-order valence-electron chi connectivity index (χ3n) is 4.19. The van der Waals surface area contributed by atoms with Crippen LogP contribution in [0, 0.1) is 11.6 Å². The zero-order valence-electron chi connectivity index (χ0n) is 14.0. The minimum atomic E-state index is -0.763. The second-order valence-electron chi connectivity index (χ2n) is 5.94. The Morgan fingerprint density at radius 3 is 2.27 bits per heavy atom. The van der Waals surface area contributed by atoms with Crippen LogP contribution in [0.3, 0.4) is 0 Å². The predicted octanol–water partition coefficient (Wildman–Crippen LogP) is 3.06. The van der Waals surface area contributed by atoms with Crippen LogP contribution >= 0.6 is 0 Å². The molecule has 0 bridgehead atoms. The van der Waals surface area contributed by atoms with Crippen molar-refractivity contribution in [2.45, 2.75) is 6.61 Å². The molecule has 1 heterocycles. The van der Waals surface area contributed by atoms with Gasteiger partial charge in [-0.3, -0.25) is 4.79 Å². The second-order valence-corrected chi connectivity index (χ2v) is 5.94. The van der Waals surface area contributed by atoms with Gasteiger partial charge in [-0.2, -0.15) is 0 Å². The fourth-order valence-electron chi connectivity index (χ4n) is 2.73. The average molecular weight is 360 g/mol. The number of nitrogens with zero attached hydrogens (tertiary/aromatic N) is 2. The van der Waals surface area contributed by atoms with Gasteiger partial charge in [0.25, 0.3) is 5.91 Å². The van der Waals surface area contributed by atoms with E-state index >= 15 is 0 Å². The van der Waals surface area contributed by atoms with Crippen LogP contribution in [0.5, 0.6) is 0 Å². The average Bonchev–Trinajstić information content (AvgIpc) is 2.68. The van der Waals surface area contributed by atoms with Crippen molar-refractivity contribution in [3.05, 3.63) is 71.3 Å². The van der Waals surface area contributed by atoms with E-state index in [0.717, 1.165) is 23.8 Å². The molecule has 1 aliphatic rings. The summed E-state index contributed by atoms with van der Waals surface area (Å²) < 4.78 is 32.3. The summed E-state index contributed by atoms with van der Waals surface area (Å²) in [5.41, 5.74) is 0.585. The molecule has 0 N–H and O–H groups in total. The Balaban J connectivity index is 1.53. The Labute approximate surface area is 149 Å². The van der Waals surface area contributed by atoms with Gasteiger partial charge in [-0.05, 0) is 23.8 Å². The normalized spacial score (nSPS) is 14.2. The van der Waals surface area contributed by atoms with Crippen LogP contribution in [0.1, 0.15) is 15.9 Å². The molecule has 0 spiro atoms. The molecule has 26 heavy (non-hydrogen) atoms. The van der Waals surface area contributed by atoms with Crippen molar-refractivity contribution in [3.63, 3.8) is 0 Å². The summed E-state index contributed by atoms with van der Waals surface area (Å²) in [6, 6.07) is 12.1. The van der Waals surface area contributed by atoms with E-state index in [1.807, 2.05) is 30.3 Å². The Morgan fingerprint density at radius 2 is 1.58 bits per heavy atom. The quantitative estimate of drug-likeness (QED) is 0.845. The molecule has 136 valence electrons. The van der Waals surface area contributed by atoms with Crippen molar-refractivity contribution in [1.29, 1.82) is 0 Å². The van der Waals surface area contributed by atoms with Gasteiger partial charge in [-0.15, -0.1) is 0 Å². The highest BCUT2D eigenvalue weighted by molar-refractivity contribution is 5.94. The Morgan fingerprint density at radius 1 is 0.923 bits per heavy atom. The smallest absolute Gasteiger partial charge is 0.410 e. The van der Waals surface area contributed by atoms with E-state index in [1.165, 1.54) is 9.80 Å². The summed E-state index contributed by atoms with van der Waals surface area (Å²) in [5.74, 6) is -2.02. The van der Waals surface area contributed by atoms with Crippen LogP contribution in [0.25, 0.3) is 0 Å². The van der Waals surface area contributed by atoms with E-state index < -0.39 is 23.6 Å². The maximum Gasteiger partial charge on any atom is 0.410 e. The summed E-state index contributed by atoms with van der Waals surface area (Å²) in [6.07, 6.45) is -0.460. The number of hydrogen-bond donors (Lipinski definition) is 0. The van der Waals surface area contributed by atoms with Gasteiger partial charge in [0.2, 0.25) is 0 Å². The zero-order chi connectivity index (χ0) is 18.5. The van der Waals surface area contributed by atoms with Crippen molar-refractivity contribution in [3.8, 4) is 0 Å². The predicted molar refractivity (Wildman–Crippen MR) is 90.5 cm³/mol. The minimum absolute atomic E-state index is 0.174. The first-order valence-corrected chi connectivity index (χ1v) is 8.24. The summed E-state index contributed by atoms with van der Waals surface area (Å²) in [6.45, 7) is 1.18. The minimum Gasteiger partial charge on any atom is -0.445 e. The van der Waals surface area contributed by atoms with Crippen LogP contribution in [0.2, 0.25) is 0 Å². The molecule has 0 saturated carbocycles. The monoisotopic (exact) mass is 360 g/mol. The molecule has 0 aromatic heterocycles. The van der Waals surface area contributed by atoms with Crippen LogP contribution in [0.4, 0.5) is 13.6 Å². The number of benzene rings is 2. The number of piperazine rings is 1. The third-order valence-corrected chi connectivity index (χ3v) is 4.19. The summed E-state index contributed by atoms with van der Waals surface area (Å²) in [7, 11) is 0. The van der Waals surface area contributed by atoms with E-state index in [1.54, 1.807) is 0 Å². The molecule has 0 unspecified atom stereocenters. The number of hydrogen-bond acceptors (Lipinski definition) is 3. The molecule has 1 aliphatic heterocycles. The molecule has 5 nitrogen and oxygen atoms in total. The number of halogens is 2. The molecule has 2 aromatic carbocycles. The molecule has 7 heteroatoms. The lowest BCUT2D eigenvalue weighted by Gasteiger charge is -2.34. The van der Waals surface area contributed by atoms with E-state index in [4.69, 9.17) is 4.74 Å². The van der Waals surface area contributed by atoms with Gasteiger partial charge < -0.3 is 14.5 Å². The summed E-state index contributed by atoms with van der Waals surface area (Å²) in [5, 5.41) is 0. The van der Waals surface area contributed by atoms with E-state index in [2.05, 4.69) is 0 Å². The molecular formula is C19H18F2N2O3. The second kappa shape index (κ2) is 7.95. The number of carbonyl (C=O) groups is 2. The first-order valence-electron chi connectivity index (χ1n) is 8.24. The number of carbonyl (C=O) groups excluding carboxylic acids is 2. The highest BCUT2D eigenvalue weighted by Crippen LogP contribution is 2.15. The molecule has 1 saturated heterocycles. The molecule has 2 aromatic rings. The lowest BCUT2D eigenvalue weighted by molar-refractivity contribution is 0.0540. The fourth-order valence-corrected chi connectivity index (χ4v) is 2.73. The fraction of sp³-hybridized carbons (Fsp3) is 0.263. The van der Waals surface area contributed by atoms with E-state index in [9.17, 15) is 18.4 Å². The van der Waals surface area contributed by atoms with Gasteiger partial charge in [-0.1, -0.05) is 30.3 Å². The summed E-state index contributed by atoms with van der Waals surface area (Å²) >= 11 is 0. The van der Waals surface area contributed by atoms with Gasteiger partial charge in [-0.25, -0.2) is 13.6 Å². The maximum absolute atomic E-state index is 13.7. The van der Waals surface area contributed by atoms with Crippen molar-refractivity contribution in [1.82, 2.24) is 9.80 Å². The van der Waals surface area contributed by atoms with Gasteiger partial charge >= 0.3 is 6.09 Å².